The number of amides is 2. The normalized spacial score (nSPS) is 17.1. The minimum atomic E-state index is -1.28. The van der Waals surface area contributed by atoms with Gasteiger partial charge in [0.2, 0.25) is 0 Å². The first kappa shape index (κ1) is 16.2. The number of carbonyl (C=O) groups is 3. The number of rotatable bonds is 5. The van der Waals surface area contributed by atoms with Gasteiger partial charge in [-0.3, -0.25) is 4.79 Å². The predicted octanol–water partition coefficient (Wildman–Crippen LogP) is -0.604. The van der Waals surface area contributed by atoms with Crippen LogP contribution in [0.15, 0.2) is 0 Å². The summed E-state index contributed by atoms with van der Waals surface area (Å²) in [6, 6.07) is -1.70. The number of carbonyl (C=O) groups excluding carboxylic acids is 2. The van der Waals surface area contributed by atoms with Crippen LogP contribution in [0.1, 0.15) is 19.3 Å². The van der Waals surface area contributed by atoms with Gasteiger partial charge in [-0.1, -0.05) is 0 Å². The van der Waals surface area contributed by atoms with Crippen molar-refractivity contribution in [3.63, 3.8) is 0 Å². The molecule has 0 aromatic rings. The third-order valence-corrected chi connectivity index (χ3v) is 3.37. The fraction of sp³-hybridized carbons (Fsp3) is 0.750. The molecule has 1 aliphatic rings. The lowest BCUT2D eigenvalue weighted by molar-refractivity contribution is -0.147. The molecular weight excluding hydrogens is 266 g/mol. The molecule has 1 aliphatic heterocycles. The number of piperidine rings is 1. The van der Waals surface area contributed by atoms with Gasteiger partial charge in [-0.2, -0.15) is 0 Å². The molecule has 0 saturated carbocycles. The van der Waals surface area contributed by atoms with Crippen LogP contribution in [0.5, 0.6) is 0 Å². The van der Waals surface area contributed by atoms with Crippen molar-refractivity contribution in [3.8, 4) is 0 Å². The number of urea groups is 1. The topological polar surface area (TPSA) is 108 Å². The van der Waals surface area contributed by atoms with Gasteiger partial charge in [0.05, 0.1) is 13.5 Å². The Balaban J connectivity index is 2.55. The smallest absolute Gasteiger partial charge is 0.326 e. The highest BCUT2D eigenvalue weighted by molar-refractivity contribution is 5.86. The quantitative estimate of drug-likeness (QED) is 0.583. The Labute approximate surface area is 117 Å². The van der Waals surface area contributed by atoms with Gasteiger partial charge >= 0.3 is 18.0 Å². The summed E-state index contributed by atoms with van der Waals surface area (Å²) in [5, 5.41) is 14.5. The lowest BCUT2D eigenvalue weighted by Gasteiger charge is -2.32. The number of aliphatic carboxylic acids is 1. The number of ether oxygens (including phenoxy) is 1. The molecule has 0 aliphatic carbocycles. The van der Waals surface area contributed by atoms with E-state index >= 15 is 0 Å². The highest BCUT2D eigenvalue weighted by Gasteiger charge is 2.28. The van der Waals surface area contributed by atoms with Crippen molar-refractivity contribution in [2.24, 2.45) is 0 Å². The van der Waals surface area contributed by atoms with E-state index in [1.165, 1.54) is 12.0 Å². The van der Waals surface area contributed by atoms with E-state index in [0.29, 0.717) is 0 Å². The molecule has 1 heterocycles. The van der Waals surface area contributed by atoms with E-state index in [0.717, 1.165) is 25.9 Å². The molecule has 0 aromatic carbocycles. The van der Waals surface area contributed by atoms with Crippen molar-refractivity contribution in [1.29, 1.82) is 0 Å². The summed E-state index contributed by atoms with van der Waals surface area (Å²) >= 11 is 0. The Kier molecular flexibility index (Phi) is 6.23. The Morgan fingerprint density at radius 3 is 2.50 bits per heavy atom. The zero-order valence-electron chi connectivity index (χ0n) is 11.7. The number of esters is 1. The SMILES string of the molecule is COC(=O)C[C@H](NC(=O)N(C)C1CCNCC1)C(=O)O. The summed E-state index contributed by atoms with van der Waals surface area (Å²) in [5.41, 5.74) is 0. The van der Waals surface area contributed by atoms with Crippen molar-refractivity contribution in [1.82, 2.24) is 15.5 Å². The zero-order valence-corrected chi connectivity index (χ0v) is 11.7. The molecule has 1 saturated heterocycles. The number of nitrogens with zero attached hydrogens (tertiary/aromatic N) is 1. The molecule has 0 aromatic heterocycles. The number of hydrogen-bond acceptors (Lipinski definition) is 5. The van der Waals surface area contributed by atoms with Crippen LogP contribution in [0.4, 0.5) is 4.79 Å². The minimum Gasteiger partial charge on any atom is -0.480 e. The van der Waals surface area contributed by atoms with E-state index in [4.69, 9.17) is 5.11 Å². The second kappa shape index (κ2) is 7.68. The molecule has 1 fully saturated rings. The molecule has 0 bridgehead atoms. The molecule has 8 heteroatoms. The third-order valence-electron chi connectivity index (χ3n) is 3.37. The van der Waals surface area contributed by atoms with Gasteiger partial charge in [-0.05, 0) is 25.9 Å². The third kappa shape index (κ3) is 4.69. The van der Waals surface area contributed by atoms with Gasteiger partial charge < -0.3 is 25.4 Å². The predicted molar refractivity (Wildman–Crippen MR) is 70.2 cm³/mol. The lowest BCUT2D eigenvalue weighted by atomic mass is 10.1. The standard InChI is InChI=1S/C12H21N3O5/c1-15(8-3-5-13-6-4-8)12(19)14-9(11(17)18)7-10(16)20-2/h8-9,13H,3-7H2,1-2H3,(H,14,19)(H,17,18)/t9-/m0/s1. The Morgan fingerprint density at radius 2 is 2.00 bits per heavy atom. The van der Waals surface area contributed by atoms with Crippen LogP contribution >= 0.6 is 0 Å². The number of methoxy groups -OCH3 is 1. The highest BCUT2D eigenvalue weighted by atomic mass is 16.5. The maximum absolute atomic E-state index is 12.0. The second-order valence-electron chi connectivity index (χ2n) is 4.71. The first-order valence-electron chi connectivity index (χ1n) is 6.49. The molecule has 20 heavy (non-hydrogen) atoms. The van der Waals surface area contributed by atoms with Crippen molar-refractivity contribution in [2.45, 2.75) is 31.3 Å². The van der Waals surface area contributed by atoms with Crippen molar-refractivity contribution in [3.05, 3.63) is 0 Å². The van der Waals surface area contributed by atoms with Gasteiger partial charge in [-0.15, -0.1) is 0 Å². The zero-order chi connectivity index (χ0) is 15.1. The van der Waals surface area contributed by atoms with Crippen LogP contribution in [-0.2, 0) is 14.3 Å². The number of carboxylic acid groups (broad SMARTS) is 1. The van der Waals surface area contributed by atoms with E-state index < -0.39 is 30.4 Å². The maximum Gasteiger partial charge on any atom is 0.326 e. The fourth-order valence-corrected chi connectivity index (χ4v) is 2.06. The van der Waals surface area contributed by atoms with Crippen LogP contribution in [0.25, 0.3) is 0 Å². The van der Waals surface area contributed by atoms with Crippen molar-refractivity contribution >= 4 is 18.0 Å². The van der Waals surface area contributed by atoms with Crippen LogP contribution in [0.2, 0.25) is 0 Å². The molecule has 1 rings (SSSR count). The average molecular weight is 287 g/mol. The monoisotopic (exact) mass is 287 g/mol. The summed E-state index contributed by atoms with van der Waals surface area (Å²) in [4.78, 5) is 35.7. The maximum atomic E-state index is 12.0. The Morgan fingerprint density at radius 1 is 1.40 bits per heavy atom. The summed E-state index contributed by atoms with van der Waals surface area (Å²) < 4.78 is 4.41. The molecular formula is C12H21N3O5. The summed E-state index contributed by atoms with van der Waals surface area (Å²) in [7, 11) is 2.80. The van der Waals surface area contributed by atoms with E-state index in [2.05, 4.69) is 15.4 Å². The molecule has 8 nitrogen and oxygen atoms in total. The Bertz CT molecular complexity index is 368. The fourth-order valence-electron chi connectivity index (χ4n) is 2.06. The number of hydrogen-bond donors (Lipinski definition) is 3. The van der Waals surface area contributed by atoms with Crippen LogP contribution < -0.4 is 10.6 Å². The van der Waals surface area contributed by atoms with Crippen molar-refractivity contribution < 1.29 is 24.2 Å². The molecule has 0 unspecified atom stereocenters. The van der Waals surface area contributed by atoms with Gasteiger partial charge in [-0.25, -0.2) is 9.59 Å². The van der Waals surface area contributed by atoms with Crippen LogP contribution in [0.3, 0.4) is 0 Å². The highest BCUT2D eigenvalue weighted by Crippen LogP contribution is 2.10. The summed E-state index contributed by atoms with van der Waals surface area (Å²) in [6.45, 7) is 1.65. The van der Waals surface area contributed by atoms with E-state index in [1.54, 1.807) is 7.05 Å². The van der Waals surface area contributed by atoms with E-state index in [1.807, 2.05) is 0 Å². The largest absolute Gasteiger partial charge is 0.480 e. The molecule has 3 N–H and O–H groups in total. The van der Waals surface area contributed by atoms with Gasteiger partial charge in [0.15, 0.2) is 0 Å². The van der Waals surface area contributed by atoms with Gasteiger partial charge in [0.1, 0.15) is 6.04 Å². The van der Waals surface area contributed by atoms with Crippen LogP contribution in [0, 0.1) is 0 Å². The molecule has 0 spiro atoms. The van der Waals surface area contributed by atoms with E-state index in [-0.39, 0.29) is 6.04 Å². The summed E-state index contributed by atoms with van der Waals surface area (Å²) in [5.74, 6) is -1.94. The summed E-state index contributed by atoms with van der Waals surface area (Å²) in [6.07, 6.45) is 1.24. The second-order valence-corrected chi connectivity index (χ2v) is 4.71. The van der Waals surface area contributed by atoms with Crippen LogP contribution in [-0.4, -0.2) is 67.3 Å². The molecule has 2 amide bonds. The lowest BCUT2D eigenvalue weighted by Crippen LogP contribution is -2.52. The molecule has 0 radical (unpaired) electrons. The van der Waals surface area contributed by atoms with Gasteiger partial charge in [0, 0.05) is 13.1 Å². The van der Waals surface area contributed by atoms with Gasteiger partial charge in [0.25, 0.3) is 0 Å². The first-order chi connectivity index (χ1) is 9.45. The minimum absolute atomic E-state index is 0.0730. The first-order valence-corrected chi connectivity index (χ1v) is 6.49. The van der Waals surface area contributed by atoms with Crippen molar-refractivity contribution in [2.75, 3.05) is 27.2 Å². The Hall–Kier alpha value is -1.83. The molecule has 114 valence electrons. The number of nitrogens with one attached hydrogen (secondary N) is 2. The number of carboxylic acids is 1. The van der Waals surface area contributed by atoms with E-state index in [9.17, 15) is 14.4 Å². The molecule has 1 atom stereocenters. The average Bonchev–Trinajstić information content (AvgIpc) is 2.46.